The van der Waals surface area contributed by atoms with Crippen LogP contribution < -0.4 is 5.32 Å². The van der Waals surface area contributed by atoms with Gasteiger partial charge < -0.3 is 9.73 Å². The highest BCUT2D eigenvalue weighted by Gasteiger charge is 2.33. The van der Waals surface area contributed by atoms with Crippen LogP contribution in [0.3, 0.4) is 0 Å². The van der Waals surface area contributed by atoms with Crippen LogP contribution in [0.5, 0.6) is 0 Å². The maximum Gasteiger partial charge on any atom is 0.247 e. The maximum atomic E-state index is 13.0. The zero-order valence-electron chi connectivity index (χ0n) is 13.6. The lowest BCUT2D eigenvalue weighted by Crippen LogP contribution is -2.37. The summed E-state index contributed by atoms with van der Waals surface area (Å²) >= 11 is 0. The van der Waals surface area contributed by atoms with Crippen molar-refractivity contribution in [1.29, 1.82) is 0 Å². The van der Waals surface area contributed by atoms with Gasteiger partial charge in [-0.2, -0.15) is 4.31 Å². The number of aryl methyl sites for hydroxylation is 2. The van der Waals surface area contributed by atoms with Crippen molar-refractivity contribution in [1.82, 2.24) is 9.62 Å². The van der Waals surface area contributed by atoms with Gasteiger partial charge in [-0.25, -0.2) is 8.42 Å². The van der Waals surface area contributed by atoms with E-state index in [0.29, 0.717) is 23.6 Å². The van der Waals surface area contributed by atoms with E-state index in [1.807, 2.05) is 20.8 Å². The van der Waals surface area contributed by atoms with Crippen molar-refractivity contribution in [3.8, 4) is 0 Å². The third kappa shape index (κ3) is 3.75. The molecule has 0 aliphatic heterocycles. The molecule has 0 amide bonds. The molecule has 0 aliphatic carbocycles. The molecule has 0 fully saturated rings. The highest BCUT2D eigenvalue weighted by atomic mass is 32.2. The van der Waals surface area contributed by atoms with Gasteiger partial charge in [0.2, 0.25) is 10.0 Å². The second kappa shape index (κ2) is 7.24. The van der Waals surface area contributed by atoms with Gasteiger partial charge in [0.1, 0.15) is 16.4 Å². The van der Waals surface area contributed by atoms with Crippen molar-refractivity contribution in [2.75, 3.05) is 13.1 Å². The zero-order chi connectivity index (χ0) is 16.2. The molecule has 1 N–H and O–H groups in total. The Morgan fingerprint density at radius 1 is 1.33 bits per heavy atom. The van der Waals surface area contributed by atoms with Gasteiger partial charge in [-0.1, -0.05) is 13.0 Å². The van der Waals surface area contributed by atoms with E-state index >= 15 is 0 Å². The third-order valence-electron chi connectivity index (χ3n) is 3.33. The van der Waals surface area contributed by atoms with Gasteiger partial charge in [0.25, 0.3) is 0 Å². The van der Waals surface area contributed by atoms with Crippen LogP contribution in [0, 0.1) is 13.8 Å². The average molecular weight is 314 g/mol. The van der Waals surface area contributed by atoms with Crippen LogP contribution in [-0.4, -0.2) is 31.9 Å². The Kier molecular flexibility index (Phi) is 6.19. The lowest BCUT2D eigenvalue weighted by Gasteiger charge is -2.25. The highest BCUT2D eigenvalue weighted by molar-refractivity contribution is 7.89. The number of nitrogens with zero attached hydrogens (tertiary/aromatic N) is 1. The summed E-state index contributed by atoms with van der Waals surface area (Å²) < 4.78 is 32.9. The van der Waals surface area contributed by atoms with Gasteiger partial charge in [-0.05, 0) is 34.2 Å². The SMILES string of the molecule is C=CCN(C(C)C)S(=O)(=O)c1c(C)oc(C)c1CNCC. The van der Waals surface area contributed by atoms with E-state index in [-0.39, 0.29) is 17.5 Å². The van der Waals surface area contributed by atoms with Crippen LogP contribution in [0.4, 0.5) is 0 Å². The number of hydrogen-bond donors (Lipinski definition) is 1. The second-order valence-corrected chi connectivity index (χ2v) is 7.09. The maximum absolute atomic E-state index is 13.0. The Bertz CT molecular complexity index is 588. The Morgan fingerprint density at radius 2 is 1.95 bits per heavy atom. The summed E-state index contributed by atoms with van der Waals surface area (Å²) in [4.78, 5) is 0.288. The summed E-state index contributed by atoms with van der Waals surface area (Å²) in [6.07, 6.45) is 1.60. The minimum atomic E-state index is -3.61. The Morgan fingerprint density at radius 3 is 2.43 bits per heavy atom. The summed E-state index contributed by atoms with van der Waals surface area (Å²) in [6.45, 7) is 14.4. The molecule has 0 bridgehead atoms. The van der Waals surface area contributed by atoms with Gasteiger partial charge in [-0.3, -0.25) is 0 Å². The quantitative estimate of drug-likeness (QED) is 0.749. The third-order valence-corrected chi connectivity index (χ3v) is 5.57. The molecule has 6 heteroatoms. The van der Waals surface area contributed by atoms with Crippen LogP contribution in [0.1, 0.15) is 37.9 Å². The molecule has 0 aliphatic rings. The lowest BCUT2D eigenvalue weighted by atomic mass is 10.2. The van der Waals surface area contributed by atoms with Crippen LogP contribution in [-0.2, 0) is 16.6 Å². The van der Waals surface area contributed by atoms with Crippen molar-refractivity contribution in [2.24, 2.45) is 0 Å². The predicted octanol–water partition coefficient (Wildman–Crippen LogP) is 2.59. The fourth-order valence-electron chi connectivity index (χ4n) is 2.33. The number of sulfonamides is 1. The van der Waals surface area contributed by atoms with E-state index in [0.717, 1.165) is 6.54 Å². The number of hydrogen-bond acceptors (Lipinski definition) is 4. The number of furan rings is 1. The summed E-state index contributed by atoms with van der Waals surface area (Å²) in [7, 11) is -3.61. The normalized spacial score (nSPS) is 12.3. The first-order valence-electron chi connectivity index (χ1n) is 7.19. The molecule has 5 nitrogen and oxygen atoms in total. The van der Waals surface area contributed by atoms with E-state index in [1.165, 1.54) is 4.31 Å². The van der Waals surface area contributed by atoms with Crippen molar-refractivity contribution in [3.63, 3.8) is 0 Å². The molecule has 1 aromatic rings. The topological polar surface area (TPSA) is 62.6 Å². The Balaban J connectivity index is 3.39. The van der Waals surface area contributed by atoms with Gasteiger partial charge in [0, 0.05) is 24.7 Å². The molecule has 21 heavy (non-hydrogen) atoms. The molecule has 1 aromatic heterocycles. The molecule has 1 heterocycles. The first-order valence-corrected chi connectivity index (χ1v) is 8.63. The first-order chi connectivity index (χ1) is 9.77. The zero-order valence-corrected chi connectivity index (χ0v) is 14.4. The molecule has 0 aromatic carbocycles. The van der Waals surface area contributed by atoms with E-state index in [1.54, 1.807) is 19.9 Å². The molecule has 0 saturated carbocycles. The molecule has 1 rings (SSSR count). The van der Waals surface area contributed by atoms with E-state index < -0.39 is 10.0 Å². The van der Waals surface area contributed by atoms with Gasteiger partial charge in [0.15, 0.2) is 0 Å². The fourth-order valence-corrected chi connectivity index (χ4v) is 4.36. The molecule has 0 atom stereocenters. The second-order valence-electron chi connectivity index (χ2n) is 5.26. The monoisotopic (exact) mass is 314 g/mol. The van der Waals surface area contributed by atoms with Gasteiger partial charge in [0.05, 0.1) is 0 Å². The van der Waals surface area contributed by atoms with Gasteiger partial charge >= 0.3 is 0 Å². The highest BCUT2D eigenvalue weighted by Crippen LogP contribution is 2.30. The smallest absolute Gasteiger partial charge is 0.247 e. The lowest BCUT2D eigenvalue weighted by molar-refractivity contribution is 0.381. The van der Waals surface area contributed by atoms with E-state index in [4.69, 9.17) is 4.42 Å². The van der Waals surface area contributed by atoms with Crippen LogP contribution in [0.15, 0.2) is 22.0 Å². The average Bonchev–Trinajstić information content (AvgIpc) is 2.67. The largest absolute Gasteiger partial charge is 0.465 e. The first kappa shape index (κ1) is 17.9. The Hall–Kier alpha value is -1.11. The van der Waals surface area contributed by atoms with Crippen molar-refractivity contribution < 1.29 is 12.8 Å². The summed E-state index contributed by atoms with van der Waals surface area (Å²) in [5, 5.41) is 3.17. The van der Waals surface area contributed by atoms with Crippen LogP contribution in [0.2, 0.25) is 0 Å². The summed E-state index contributed by atoms with van der Waals surface area (Å²) in [5.74, 6) is 1.09. The van der Waals surface area contributed by atoms with E-state index in [2.05, 4.69) is 11.9 Å². The molecule has 0 saturated heterocycles. The minimum absolute atomic E-state index is 0.144. The number of nitrogens with one attached hydrogen (secondary N) is 1. The molecule has 0 radical (unpaired) electrons. The summed E-state index contributed by atoms with van der Waals surface area (Å²) in [5.41, 5.74) is 0.712. The number of rotatable bonds is 8. The summed E-state index contributed by atoms with van der Waals surface area (Å²) in [6, 6.07) is -0.144. The molecular weight excluding hydrogens is 288 g/mol. The Labute approximate surface area is 128 Å². The molecular formula is C15H26N2O3S. The molecule has 0 spiro atoms. The van der Waals surface area contributed by atoms with E-state index in [9.17, 15) is 8.42 Å². The van der Waals surface area contributed by atoms with Crippen molar-refractivity contribution in [3.05, 3.63) is 29.7 Å². The van der Waals surface area contributed by atoms with Crippen molar-refractivity contribution >= 4 is 10.0 Å². The van der Waals surface area contributed by atoms with Crippen molar-refractivity contribution in [2.45, 2.75) is 52.1 Å². The minimum Gasteiger partial charge on any atom is -0.465 e. The van der Waals surface area contributed by atoms with Crippen LogP contribution >= 0.6 is 0 Å². The molecule has 0 unspecified atom stereocenters. The van der Waals surface area contributed by atoms with Gasteiger partial charge in [-0.15, -0.1) is 6.58 Å². The molecule has 120 valence electrons. The standard InChI is InChI=1S/C15H26N2O3S/c1-7-9-17(11(3)4)21(18,19)15-13(6)20-12(5)14(15)10-16-8-2/h7,11,16H,1,8-10H2,2-6H3. The predicted molar refractivity (Wildman–Crippen MR) is 84.8 cm³/mol. The fraction of sp³-hybridized carbons (Fsp3) is 0.600. The van der Waals surface area contributed by atoms with Crippen LogP contribution in [0.25, 0.3) is 0 Å².